The molecule has 3 aromatic rings. The van der Waals surface area contributed by atoms with Crippen LogP contribution >= 0.6 is 0 Å². The molecule has 1 aromatic heterocycles. The van der Waals surface area contributed by atoms with Gasteiger partial charge in [0.1, 0.15) is 5.82 Å². The number of nitrogens with zero attached hydrogens (tertiary/aromatic N) is 2. The summed E-state index contributed by atoms with van der Waals surface area (Å²) in [7, 11) is 0. The highest BCUT2D eigenvalue weighted by Crippen LogP contribution is 2.38. The molecule has 160 valence electrons. The topological polar surface area (TPSA) is 66.9 Å². The van der Waals surface area contributed by atoms with Crippen molar-refractivity contribution in [2.45, 2.75) is 32.9 Å². The Hall–Kier alpha value is -3.42. The van der Waals surface area contributed by atoms with E-state index in [0.29, 0.717) is 29.9 Å². The van der Waals surface area contributed by atoms with Crippen LogP contribution in [-0.4, -0.2) is 15.8 Å². The number of hydrogen-bond acceptors (Lipinski definition) is 5. The highest BCUT2D eigenvalue weighted by atomic mass is 19.4. The molecule has 0 fully saturated rings. The number of carbonyl (C=O) groups excluding carboxylic acids is 1. The molecule has 2 N–H and O–H groups in total. The summed E-state index contributed by atoms with van der Waals surface area (Å²) in [6.07, 6.45) is -3.53. The number of nitrogens with one attached hydrogen (secondary N) is 2. The van der Waals surface area contributed by atoms with E-state index in [-0.39, 0.29) is 22.8 Å². The van der Waals surface area contributed by atoms with Gasteiger partial charge in [0.05, 0.1) is 16.8 Å². The molecule has 5 nitrogen and oxygen atoms in total. The maximum atomic E-state index is 13.1. The first-order chi connectivity index (χ1) is 14.6. The predicted molar refractivity (Wildman–Crippen MR) is 113 cm³/mol. The van der Waals surface area contributed by atoms with Gasteiger partial charge in [-0.25, -0.2) is 4.98 Å². The minimum absolute atomic E-state index is 0.0599. The number of aromatic nitrogens is 2. The van der Waals surface area contributed by atoms with Crippen molar-refractivity contribution >= 4 is 28.9 Å². The third kappa shape index (κ3) is 4.68. The average Bonchev–Trinajstić information content (AvgIpc) is 2.67. The lowest BCUT2D eigenvalue weighted by atomic mass is 9.75. The summed E-state index contributed by atoms with van der Waals surface area (Å²) < 4.78 is 39.2. The molecule has 0 aliphatic heterocycles. The maximum absolute atomic E-state index is 13.1. The van der Waals surface area contributed by atoms with Gasteiger partial charge in [-0.3, -0.25) is 4.79 Å². The van der Waals surface area contributed by atoms with E-state index in [0.717, 1.165) is 17.8 Å². The van der Waals surface area contributed by atoms with Crippen LogP contribution in [0, 0.1) is 5.41 Å². The molecule has 0 atom stereocenters. The second-order valence-corrected chi connectivity index (χ2v) is 8.35. The molecule has 0 bridgehead atoms. The second-order valence-electron chi connectivity index (χ2n) is 8.35. The van der Waals surface area contributed by atoms with Gasteiger partial charge in [0, 0.05) is 17.8 Å². The number of carbonyl (C=O) groups is 1. The molecule has 0 amide bonds. The van der Waals surface area contributed by atoms with Gasteiger partial charge < -0.3 is 10.6 Å². The lowest BCUT2D eigenvalue weighted by Crippen LogP contribution is -2.29. The normalized spacial score (nSPS) is 15.3. The van der Waals surface area contributed by atoms with Crippen molar-refractivity contribution in [1.29, 1.82) is 0 Å². The Morgan fingerprint density at radius 3 is 2.32 bits per heavy atom. The van der Waals surface area contributed by atoms with Gasteiger partial charge in [0.2, 0.25) is 5.95 Å². The molecule has 0 unspecified atom stereocenters. The van der Waals surface area contributed by atoms with E-state index in [2.05, 4.69) is 20.6 Å². The van der Waals surface area contributed by atoms with Crippen molar-refractivity contribution in [1.82, 2.24) is 9.97 Å². The van der Waals surface area contributed by atoms with Crippen molar-refractivity contribution in [3.63, 3.8) is 0 Å². The van der Waals surface area contributed by atoms with Crippen molar-refractivity contribution in [2.75, 3.05) is 10.6 Å². The first kappa shape index (κ1) is 20.8. The molecule has 1 heterocycles. The molecular weight excluding hydrogens is 405 g/mol. The number of rotatable bonds is 4. The molecule has 0 spiro atoms. The van der Waals surface area contributed by atoms with Gasteiger partial charge in [0.25, 0.3) is 0 Å². The third-order valence-corrected chi connectivity index (χ3v) is 5.03. The van der Waals surface area contributed by atoms with E-state index >= 15 is 0 Å². The van der Waals surface area contributed by atoms with Crippen LogP contribution in [0.25, 0.3) is 0 Å². The van der Waals surface area contributed by atoms with Gasteiger partial charge in [-0.15, -0.1) is 0 Å². The Labute approximate surface area is 177 Å². The number of halogens is 3. The van der Waals surface area contributed by atoms with Gasteiger partial charge in [-0.05, 0) is 42.2 Å². The smallest absolute Gasteiger partial charge is 0.339 e. The van der Waals surface area contributed by atoms with E-state index in [4.69, 9.17) is 0 Å². The number of benzene rings is 2. The summed E-state index contributed by atoms with van der Waals surface area (Å²) in [5, 5.41) is 6.02. The highest BCUT2D eigenvalue weighted by Gasteiger charge is 2.35. The van der Waals surface area contributed by atoms with Crippen LogP contribution in [-0.2, 0) is 12.6 Å². The van der Waals surface area contributed by atoms with Crippen molar-refractivity contribution < 1.29 is 18.0 Å². The quantitative estimate of drug-likeness (QED) is 0.525. The van der Waals surface area contributed by atoms with E-state index in [1.54, 1.807) is 0 Å². The molecule has 0 radical (unpaired) electrons. The number of hydrogen-bond donors (Lipinski definition) is 2. The lowest BCUT2D eigenvalue weighted by molar-refractivity contribution is -0.137. The first-order valence-corrected chi connectivity index (χ1v) is 9.81. The minimum Gasteiger partial charge on any atom is -0.339 e. The molecule has 1 aliphatic carbocycles. The van der Waals surface area contributed by atoms with Gasteiger partial charge >= 0.3 is 6.18 Å². The molecule has 0 saturated carbocycles. The van der Waals surface area contributed by atoms with Crippen molar-refractivity contribution in [2.24, 2.45) is 5.41 Å². The monoisotopic (exact) mass is 426 g/mol. The maximum Gasteiger partial charge on any atom is 0.416 e. The Bertz CT molecular complexity index is 1130. The van der Waals surface area contributed by atoms with Crippen LogP contribution in [0.5, 0.6) is 0 Å². The predicted octanol–water partition coefficient (Wildman–Crippen LogP) is 6.14. The fourth-order valence-corrected chi connectivity index (χ4v) is 3.67. The van der Waals surface area contributed by atoms with Crippen LogP contribution < -0.4 is 10.6 Å². The van der Waals surface area contributed by atoms with E-state index in [1.165, 1.54) is 12.1 Å². The van der Waals surface area contributed by atoms with Crippen molar-refractivity contribution in [3.8, 4) is 0 Å². The minimum atomic E-state index is -4.45. The zero-order valence-electron chi connectivity index (χ0n) is 17.0. The van der Waals surface area contributed by atoms with Crippen LogP contribution in [0.15, 0.2) is 54.6 Å². The van der Waals surface area contributed by atoms with E-state index in [1.807, 2.05) is 44.2 Å². The van der Waals surface area contributed by atoms with Gasteiger partial charge in [-0.2, -0.15) is 18.2 Å². The molecule has 31 heavy (non-hydrogen) atoms. The number of anilines is 4. The van der Waals surface area contributed by atoms with E-state index < -0.39 is 11.7 Å². The van der Waals surface area contributed by atoms with Crippen LogP contribution in [0.1, 0.15) is 41.9 Å². The fourth-order valence-electron chi connectivity index (χ4n) is 3.67. The number of fused-ring (bicyclic) bond motifs is 1. The second kappa shape index (κ2) is 7.68. The number of Topliss-reactive ketones (excluding diaryl/α,β-unsaturated/α-hetero) is 1. The van der Waals surface area contributed by atoms with Crippen LogP contribution in [0.4, 0.5) is 36.3 Å². The van der Waals surface area contributed by atoms with Crippen LogP contribution in [0.2, 0.25) is 0 Å². The Morgan fingerprint density at radius 2 is 1.61 bits per heavy atom. The summed E-state index contributed by atoms with van der Waals surface area (Å²) in [4.78, 5) is 21.8. The average molecular weight is 426 g/mol. The molecular formula is C23H21F3N4O. The molecule has 8 heteroatoms. The number of ketones is 1. The molecule has 4 rings (SSSR count). The fraction of sp³-hybridized carbons (Fsp3) is 0.261. The third-order valence-electron chi connectivity index (χ3n) is 5.03. The standard InChI is InChI=1S/C23H21F3N4O/c1-22(2)12-17-19(18(31)13-22)20(27-15-8-4-3-5-9-15)30-21(29-17)28-16-10-6-7-14(11-16)23(24,25)26/h3-11H,12-13H2,1-2H3,(H2,27,28,29,30). The first-order valence-electron chi connectivity index (χ1n) is 9.81. The summed E-state index contributed by atoms with van der Waals surface area (Å²) in [5.74, 6) is 0.406. The number of para-hydroxylation sites is 1. The molecule has 2 aromatic carbocycles. The number of alkyl halides is 3. The largest absolute Gasteiger partial charge is 0.416 e. The lowest BCUT2D eigenvalue weighted by Gasteiger charge is -2.30. The zero-order valence-corrected chi connectivity index (χ0v) is 17.0. The summed E-state index contributed by atoms with van der Waals surface area (Å²) >= 11 is 0. The zero-order chi connectivity index (χ0) is 22.2. The van der Waals surface area contributed by atoms with Crippen molar-refractivity contribution in [3.05, 3.63) is 71.4 Å². The summed E-state index contributed by atoms with van der Waals surface area (Å²) in [5.41, 5.74) is 0.917. The van der Waals surface area contributed by atoms with Gasteiger partial charge in [-0.1, -0.05) is 38.1 Å². The SMILES string of the molecule is CC1(C)CC(=O)c2c(nc(Nc3cccc(C(F)(F)F)c3)nc2Nc2ccccc2)C1. The summed E-state index contributed by atoms with van der Waals surface area (Å²) in [6.45, 7) is 3.97. The van der Waals surface area contributed by atoms with Gasteiger partial charge in [0.15, 0.2) is 5.78 Å². The van der Waals surface area contributed by atoms with E-state index in [9.17, 15) is 18.0 Å². The Balaban J connectivity index is 1.75. The molecule has 1 aliphatic rings. The Kier molecular flexibility index (Phi) is 5.16. The Morgan fingerprint density at radius 1 is 0.903 bits per heavy atom. The van der Waals surface area contributed by atoms with Crippen LogP contribution in [0.3, 0.4) is 0 Å². The summed E-state index contributed by atoms with van der Waals surface area (Å²) in [6, 6.07) is 14.1. The highest BCUT2D eigenvalue weighted by molar-refractivity contribution is 6.03. The molecule has 0 saturated heterocycles.